The van der Waals surface area contributed by atoms with Crippen LogP contribution < -0.4 is 19.5 Å². The number of thiophene rings is 1. The van der Waals surface area contributed by atoms with Gasteiger partial charge >= 0.3 is 0 Å². The number of hydrogen-bond donors (Lipinski definition) is 1. The van der Waals surface area contributed by atoms with Gasteiger partial charge in [-0.25, -0.2) is 0 Å². The van der Waals surface area contributed by atoms with E-state index in [9.17, 15) is 9.59 Å². The molecule has 7 nitrogen and oxygen atoms in total. The van der Waals surface area contributed by atoms with Crippen molar-refractivity contribution >= 4 is 23.2 Å². The number of nitrogens with zero attached hydrogens (tertiary/aromatic N) is 1. The van der Waals surface area contributed by atoms with E-state index in [0.717, 1.165) is 5.56 Å². The largest absolute Gasteiger partial charge is 0.493 e. The van der Waals surface area contributed by atoms with Crippen molar-refractivity contribution in [3.63, 3.8) is 0 Å². The summed E-state index contributed by atoms with van der Waals surface area (Å²) in [5.74, 6) is 0.559. The minimum absolute atomic E-state index is 0.179. The summed E-state index contributed by atoms with van der Waals surface area (Å²) in [6.45, 7) is 2.15. The fourth-order valence-corrected chi connectivity index (χ4v) is 3.28. The van der Waals surface area contributed by atoms with Crippen LogP contribution in [0.2, 0.25) is 0 Å². The first-order valence-electron chi connectivity index (χ1n) is 8.28. The molecular formula is C19H24N2O5S. The van der Waals surface area contributed by atoms with Gasteiger partial charge in [-0.2, -0.15) is 11.3 Å². The number of rotatable bonds is 8. The van der Waals surface area contributed by atoms with Gasteiger partial charge in [-0.1, -0.05) is 0 Å². The second-order valence-electron chi connectivity index (χ2n) is 5.94. The van der Waals surface area contributed by atoms with Gasteiger partial charge in [0.05, 0.1) is 21.3 Å². The van der Waals surface area contributed by atoms with Gasteiger partial charge in [0.2, 0.25) is 11.7 Å². The van der Waals surface area contributed by atoms with Crippen molar-refractivity contribution in [1.29, 1.82) is 0 Å². The third-order valence-corrected chi connectivity index (χ3v) is 4.75. The summed E-state index contributed by atoms with van der Waals surface area (Å²) >= 11 is 1.58. The van der Waals surface area contributed by atoms with Gasteiger partial charge in [0.1, 0.15) is 6.04 Å². The molecule has 0 saturated heterocycles. The van der Waals surface area contributed by atoms with E-state index in [1.165, 1.54) is 21.3 Å². The first-order valence-corrected chi connectivity index (χ1v) is 9.22. The second-order valence-corrected chi connectivity index (χ2v) is 6.72. The zero-order valence-electron chi connectivity index (χ0n) is 16.1. The van der Waals surface area contributed by atoms with Crippen LogP contribution in [0.25, 0.3) is 0 Å². The number of amides is 2. The summed E-state index contributed by atoms with van der Waals surface area (Å²) in [6, 6.07) is 4.37. The SMILES string of the molecule is COc1cc(C(=O)NC(C)C(=O)N(C)Cc2ccsc2)cc(OC)c1OC. The van der Waals surface area contributed by atoms with E-state index in [1.54, 1.807) is 42.3 Å². The fraction of sp³-hybridized carbons (Fsp3) is 0.368. The molecule has 0 saturated carbocycles. The third kappa shape index (κ3) is 4.91. The number of nitrogens with one attached hydrogen (secondary N) is 1. The first-order chi connectivity index (χ1) is 12.9. The van der Waals surface area contributed by atoms with Crippen LogP contribution in [-0.4, -0.2) is 51.1 Å². The Morgan fingerprint density at radius 1 is 1.15 bits per heavy atom. The summed E-state index contributed by atoms with van der Waals surface area (Å²) in [5, 5.41) is 6.67. The molecule has 1 N–H and O–H groups in total. The average Bonchev–Trinajstić information content (AvgIpc) is 3.18. The van der Waals surface area contributed by atoms with Crippen LogP contribution >= 0.6 is 11.3 Å². The second kappa shape index (κ2) is 9.27. The smallest absolute Gasteiger partial charge is 0.252 e. The van der Waals surface area contributed by atoms with Crippen molar-refractivity contribution in [3.8, 4) is 17.2 Å². The van der Waals surface area contributed by atoms with Gasteiger partial charge < -0.3 is 24.4 Å². The normalized spacial score (nSPS) is 11.4. The average molecular weight is 392 g/mol. The highest BCUT2D eigenvalue weighted by atomic mass is 32.1. The zero-order chi connectivity index (χ0) is 20.0. The maximum absolute atomic E-state index is 12.6. The van der Waals surface area contributed by atoms with Crippen LogP contribution in [0.15, 0.2) is 29.0 Å². The molecule has 1 aromatic carbocycles. The molecule has 0 fully saturated rings. The van der Waals surface area contributed by atoms with Crippen molar-refractivity contribution in [2.75, 3.05) is 28.4 Å². The minimum atomic E-state index is -0.680. The first kappa shape index (κ1) is 20.6. The third-order valence-electron chi connectivity index (χ3n) is 4.02. The quantitative estimate of drug-likeness (QED) is 0.747. The Balaban J connectivity index is 2.10. The monoisotopic (exact) mass is 392 g/mol. The van der Waals surface area contributed by atoms with Crippen molar-refractivity contribution in [2.45, 2.75) is 19.5 Å². The van der Waals surface area contributed by atoms with E-state index in [2.05, 4.69) is 5.32 Å². The molecule has 0 aliphatic rings. The molecule has 1 heterocycles. The van der Waals surface area contributed by atoms with Gasteiger partial charge in [-0.3, -0.25) is 9.59 Å². The summed E-state index contributed by atoms with van der Waals surface area (Å²) in [6.07, 6.45) is 0. The molecule has 1 unspecified atom stereocenters. The maximum Gasteiger partial charge on any atom is 0.252 e. The Labute approximate surface area is 162 Å². The fourth-order valence-electron chi connectivity index (χ4n) is 2.62. The lowest BCUT2D eigenvalue weighted by Gasteiger charge is -2.22. The Morgan fingerprint density at radius 2 is 1.78 bits per heavy atom. The highest BCUT2D eigenvalue weighted by Gasteiger charge is 2.22. The number of ether oxygens (including phenoxy) is 3. The molecule has 1 atom stereocenters. The molecule has 0 radical (unpaired) electrons. The van der Waals surface area contributed by atoms with Gasteiger partial charge in [0, 0.05) is 19.2 Å². The number of benzene rings is 1. The lowest BCUT2D eigenvalue weighted by Crippen LogP contribution is -2.45. The molecule has 27 heavy (non-hydrogen) atoms. The molecule has 0 aliphatic carbocycles. The summed E-state index contributed by atoms with van der Waals surface area (Å²) in [5.41, 5.74) is 1.36. The van der Waals surface area contributed by atoms with Gasteiger partial charge in [-0.05, 0) is 41.4 Å². The van der Waals surface area contributed by atoms with E-state index in [0.29, 0.717) is 29.4 Å². The van der Waals surface area contributed by atoms with Crippen molar-refractivity contribution in [3.05, 3.63) is 40.1 Å². The number of carbonyl (C=O) groups excluding carboxylic acids is 2. The van der Waals surface area contributed by atoms with Crippen molar-refractivity contribution in [2.24, 2.45) is 0 Å². The van der Waals surface area contributed by atoms with Crippen LogP contribution in [0, 0.1) is 0 Å². The van der Waals surface area contributed by atoms with E-state index in [4.69, 9.17) is 14.2 Å². The van der Waals surface area contributed by atoms with Crippen molar-refractivity contribution in [1.82, 2.24) is 10.2 Å². The summed E-state index contributed by atoms with van der Waals surface area (Å²) < 4.78 is 15.8. The lowest BCUT2D eigenvalue weighted by molar-refractivity contribution is -0.132. The standard InChI is InChI=1S/C19H24N2O5S/c1-12(19(23)21(2)10-13-6-7-27-11-13)20-18(22)14-8-15(24-3)17(26-5)16(9-14)25-4/h6-9,11-12H,10H2,1-5H3,(H,20,22). The van der Waals surface area contributed by atoms with Gasteiger partial charge in [-0.15, -0.1) is 0 Å². The zero-order valence-corrected chi connectivity index (χ0v) is 16.9. The van der Waals surface area contributed by atoms with E-state index in [-0.39, 0.29) is 5.91 Å². The summed E-state index contributed by atoms with van der Waals surface area (Å²) in [4.78, 5) is 26.7. The van der Waals surface area contributed by atoms with Gasteiger partial charge in [0.15, 0.2) is 11.5 Å². The Bertz CT molecular complexity index is 766. The highest BCUT2D eigenvalue weighted by Crippen LogP contribution is 2.38. The molecule has 0 spiro atoms. The Hall–Kier alpha value is -2.74. The van der Waals surface area contributed by atoms with E-state index < -0.39 is 11.9 Å². The van der Waals surface area contributed by atoms with Crippen LogP contribution in [0.3, 0.4) is 0 Å². The highest BCUT2D eigenvalue weighted by molar-refractivity contribution is 7.07. The molecule has 146 valence electrons. The maximum atomic E-state index is 12.6. The minimum Gasteiger partial charge on any atom is -0.493 e. The van der Waals surface area contributed by atoms with E-state index in [1.807, 2.05) is 16.8 Å². The van der Waals surface area contributed by atoms with E-state index >= 15 is 0 Å². The van der Waals surface area contributed by atoms with Gasteiger partial charge in [0.25, 0.3) is 5.91 Å². The van der Waals surface area contributed by atoms with Crippen LogP contribution in [0.1, 0.15) is 22.8 Å². The number of carbonyl (C=O) groups is 2. The number of methoxy groups -OCH3 is 3. The Morgan fingerprint density at radius 3 is 2.26 bits per heavy atom. The summed E-state index contributed by atoms with van der Waals surface area (Å²) in [7, 11) is 6.15. The predicted molar refractivity (Wildman–Crippen MR) is 104 cm³/mol. The predicted octanol–water partition coefficient (Wildman–Crippen LogP) is 2.55. The number of likely N-dealkylation sites (N-methyl/N-ethyl adjacent to an activating group) is 1. The molecule has 1 aromatic heterocycles. The molecule has 2 aromatic rings. The molecule has 0 aliphatic heterocycles. The number of hydrogen-bond acceptors (Lipinski definition) is 6. The van der Waals surface area contributed by atoms with Crippen molar-refractivity contribution < 1.29 is 23.8 Å². The Kier molecular flexibility index (Phi) is 7.06. The topological polar surface area (TPSA) is 77.1 Å². The van der Waals surface area contributed by atoms with Crippen LogP contribution in [0.4, 0.5) is 0 Å². The molecule has 0 bridgehead atoms. The molecule has 2 rings (SSSR count). The molecule has 8 heteroatoms. The van der Waals surface area contributed by atoms with Crippen LogP contribution in [-0.2, 0) is 11.3 Å². The molecule has 2 amide bonds. The van der Waals surface area contributed by atoms with Crippen LogP contribution in [0.5, 0.6) is 17.2 Å². The molecular weight excluding hydrogens is 368 g/mol. The lowest BCUT2D eigenvalue weighted by atomic mass is 10.1.